The minimum atomic E-state index is 0.0312. The molecular weight excluding hydrogens is 526 g/mol. The highest BCUT2D eigenvalue weighted by Gasteiger charge is 2.26. The number of benzene rings is 1. The van der Waals surface area contributed by atoms with Gasteiger partial charge in [0.2, 0.25) is 5.91 Å². The van der Waals surface area contributed by atoms with Gasteiger partial charge in [0.05, 0.1) is 5.56 Å². The lowest BCUT2D eigenvalue weighted by Gasteiger charge is -2.35. The summed E-state index contributed by atoms with van der Waals surface area (Å²) in [6.07, 6.45) is 11.7. The molecule has 42 heavy (non-hydrogen) atoms. The van der Waals surface area contributed by atoms with Crippen LogP contribution in [0, 0.1) is 0 Å². The fourth-order valence-electron chi connectivity index (χ4n) is 6.26. The molecule has 212 valence electrons. The first-order valence-corrected chi connectivity index (χ1v) is 14.5. The number of hydrogen-bond acceptors (Lipinski definition) is 7. The van der Waals surface area contributed by atoms with Gasteiger partial charge in [-0.05, 0) is 91.8 Å². The molecule has 0 bridgehead atoms. The van der Waals surface area contributed by atoms with Gasteiger partial charge in [-0.25, -0.2) is 19.6 Å². The van der Waals surface area contributed by atoms with Crippen LogP contribution in [0.1, 0.15) is 30.4 Å². The highest BCUT2D eigenvalue weighted by Crippen LogP contribution is 2.33. The Morgan fingerprint density at radius 2 is 1.88 bits per heavy atom. The van der Waals surface area contributed by atoms with Gasteiger partial charge in [-0.2, -0.15) is 5.10 Å². The average Bonchev–Trinajstić information content (AvgIpc) is 3.69. The van der Waals surface area contributed by atoms with E-state index < -0.39 is 0 Å². The molecule has 0 radical (unpaired) electrons. The van der Waals surface area contributed by atoms with Crippen molar-refractivity contribution in [1.82, 2.24) is 39.5 Å². The van der Waals surface area contributed by atoms with Crippen LogP contribution in [0.5, 0.6) is 0 Å². The number of imidazole rings is 1. The number of carbonyl (C=O) groups excluding carboxylic acids is 1. The molecular formula is C32H33N9O. The smallest absolute Gasteiger partial charge is 0.245 e. The highest BCUT2D eigenvalue weighted by molar-refractivity contribution is 5.87. The molecule has 0 spiro atoms. The highest BCUT2D eigenvalue weighted by atomic mass is 16.2. The molecule has 0 unspecified atom stereocenters. The number of nitrogen functional groups attached to an aromatic ring is 1. The molecule has 10 heteroatoms. The van der Waals surface area contributed by atoms with Gasteiger partial charge in [-0.15, -0.1) is 0 Å². The van der Waals surface area contributed by atoms with Gasteiger partial charge in [-0.1, -0.05) is 12.6 Å². The maximum absolute atomic E-state index is 11.9. The number of piperidine rings is 1. The summed E-state index contributed by atoms with van der Waals surface area (Å²) >= 11 is 0. The molecule has 1 fully saturated rings. The Hall–Kier alpha value is -4.83. The molecule has 5 heterocycles. The fraction of sp³-hybridized carbons (Fsp3) is 0.281. The third-order valence-corrected chi connectivity index (χ3v) is 8.44. The van der Waals surface area contributed by atoms with Gasteiger partial charge in [0.15, 0.2) is 17.3 Å². The predicted molar refractivity (Wildman–Crippen MR) is 162 cm³/mol. The van der Waals surface area contributed by atoms with E-state index in [-0.39, 0.29) is 5.91 Å². The Bertz CT molecular complexity index is 1770. The number of hydrogen-bond donors (Lipinski definition) is 2. The van der Waals surface area contributed by atoms with E-state index in [9.17, 15) is 4.79 Å². The zero-order valence-corrected chi connectivity index (χ0v) is 23.4. The van der Waals surface area contributed by atoms with Crippen molar-refractivity contribution in [2.75, 3.05) is 18.8 Å². The number of aryl methyl sites for hydroxylation is 1. The van der Waals surface area contributed by atoms with E-state index in [0.717, 1.165) is 67.6 Å². The van der Waals surface area contributed by atoms with Crippen LogP contribution in [0.25, 0.3) is 34.1 Å². The predicted octanol–water partition coefficient (Wildman–Crippen LogP) is 3.87. The van der Waals surface area contributed by atoms with E-state index in [4.69, 9.17) is 15.7 Å². The lowest BCUT2D eigenvalue weighted by Crippen LogP contribution is -2.48. The third kappa shape index (κ3) is 4.83. The van der Waals surface area contributed by atoms with E-state index in [0.29, 0.717) is 29.5 Å². The SMILES string of the molecule is C=CC(=O)N1CCC(N[C@@H]2CCc3cc(-n4c(-c5cccnc5N)nc5ccc(-n6cccn6)nc54)ccc3C2)CC1. The van der Waals surface area contributed by atoms with Crippen LogP contribution in [0.2, 0.25) is 0 Å². The first-order chi connectivity index (χ1) is 20.6. The Labute approximate surface area is 243 Å². The monoisotopic (exact) mass is 559 g/mol. The molecule has 7 rings (SSSR count). The van der Waals surface area contributed by atoms with Gasteiger partial charge >= 0.3 is 0 Å². The average molecular weight is 560 g/mol. The largest absolute Gasteiger partial charge is 0.383 e. The molecule has 0 saturated carbocycles. The van der Waals surface area contributed by atoms with Crippen molar-refractivity contribution in [3.05, 3.63) is 90.9 Å². The number of fused-ring (bicyclic) bond motifs is 2. The van der Waals surface area contributed by atoms with Crippen LogP contribution in [0.4, 0.5) is 5.82 Å². The van der Waals surface area contributed by atoms with E-state index in [1.165, 1.54) is 17.2 Å². The van der Waals surface area contributed by atoms with Crippen LogP contribution in [0.3, 0.4) is 0 Å². The third-order valence-electron chi connectivity index (χ3n) is 8.44. The molecule has 3 N–H and O–H groups in total. The van der Waals surface area contributed by atoms with Gasteiger partial charge in [0, 0.05) is 49.5 Å². The number of anilines is 1. The second-order valence-corrected chi connectivity index (χ2v) is 11.0. The second-order valence-electron chi connectivity index (χ2n) is 11.0. The number of nitrogens with two attached hydrogens (primary N) is 1. The van der Waals surface area contributed by atoms with Crippen LogP contribution in [-0.4, -0.2) is 65.3 Å². The number of pyridine rings is 2. The molecule has 2 aliphatic rings. The van der Waals surface area contributed by atoms with Crippen molar-refractivity contribution in [1.29, 1.82) is 0 Å². The second kappa shape index (κ2) is 10.9. The van der Waals surface area contributed by atoms with E-state index in [2.05, 4.69) is 44.7 Å². The van der Waals surface area contributed by atoms with Crippen molar-refractivity contribution < 1.29 is 4.79 Å². The lowest BCUT2D eigenvalue weighted by molar-refractivity contribution is -0.127. The topological polar surface area (TPSA) is 120 Å². The van der Waals surface area contributed by atoms with E-state index >= 15 is 0 Å². The zero-order valence-electron chi connectivity index (χ0n) is 23.4. The maximum atomic E-state index is 11.9. The molecule has 1 aliphatic carbocycles. The molecule has 4 aromatic heterocycles. The van der Waals surface area contributed by atoms with E-state index in [1.54, 1.807) is 17.1 Å². The Balaban J connectivity index is 1.19. The summed E-state index contributed by atoms with van der Waals surface area (Å²) in [4.78, 5) is 28.1. The van der Waals surface area contributed by atoms with E-state index in [1.807, 2.05) is 41.4 Å². The number of aromatic nitrogens is 6. The van der Waals surface area contributed by atoms with Crippen LogP contribution < -0.4 is 11.1 Å². The Morgan fingerprint density at radius 3 is 2.67 bits per heavy atom. The van der Waals surface area contributed by atoms with Gasteiger partial charge in [-0.3, -0.25) is 9.36 Å². The minimum Gasteiger partial charge on any atom is -0.383 e. The summed E-state index contributed by atoms with van der Waals surface area (Å²) in [5.74, 6) is 1.87. The summed E-state index contributed by atoms with van der Waals surface area (Å²) in [5.41, 5.74) is 12.3. The first-order valence-electron chi connectivity index (χ1n) is 14.5. The standard InChI is InChI=1S/C32H33N9O/c1-2-29(42)39-17-12-23(13-18-39)36-24-8-6-22-20-25(9-7-21(22)19-24)41-31(26-5-3-14-34-30(26)33)37-27-10-11-28(38-32(27)41)40-16-4-15-35-40/h2-5,7,9-11,14-16,20,23-24,36H,1,6,8,12-13,17-19H2,(H2,33,34)/t24-/m1/s1. The minimum absolute atomic E-state index is 0.0312. The summed E-state index contributed by atoms with van der Waals surface area (Å²) < 4.78 is 3.83. The van der Waals surface area contributed by atoms with Crippen LogP contribution >= 0.6 is 0 Å². The normalized spacial score (nSPS) is 17.3. The number of carbonyl (C=O) groups is 1. The molecule has 1 amide bonds. The Morgan fingerprint density at radius 1 is 1.00 bits per heavy atom. The zero-order chi connectivity index (χ0) is 28.6. The maximum Gasteiger partial charge on any atom is 0.245 e. The van der Waals surface area contributed by atoms with Crippen molar-refractivity contribution in [2.45, 2.75) is 44.2 Å². The lowest BCUT2D eigenvalue weighted by atomic mass is 9.87. The number of rotatable bonds is 6. The summed E-state index contributed by atoms with van der Waals surface area (Å²) in [5, 5.41) is 8.24. The number of nitrogens with zero attached hydrogens (tertiary/aromatic N) is 7. The molecule has 10 nitrogen and oxygen atoms in total. The van der Waals surface area contributed by atoms with Crippen molar-refractivity contribution in [2.24, 2.45) is 0 Å². The summed E-state index contributed by atoms with van der Waals surface area (Å²) in [6.45, 7) is 5.19. The molecule has 5 aromatic rings. The summed E-state index contributed by atoms with van der Waals surface area (Å²) in [6, 6.07) is 17.1. The molecule has 1 aliphatic heterocycles. The van der Waals surface area contributed by atoms with Crippen LogP contribution in [0.15, 0.2) is 79.8 Å². The molecule has 1 saturated heterocycles. The van der Waals surface area contributed by atoms with Crippen molar-refractivity contribution in [3.63, 3.8) is 0 Å². The fourth-order valence-corrected chi connectivity index (χ4v) is 6.26. The van der Waals surface area contributed by atoms with Crippen molar-refractivity contribution >= 4 is 22.9 Å². The number of likely N-dealkylation sites (tertiary alicyclic amines) is 1. The molecule has 1 atom stereocenters. The summed E-state index contributed by atoms with van der Waals surface area (Å²) in [7, 11) is 0. The quantitative estimate of drug-likeness (QED) is 0.303. The van der Waals surface area contributed by atoms with Gasteiger partial charge < -0.3 is 16.0 Å². The van der Waals surface area contributed by atoms with Crippen molar-refractivity contribution in [3.8, 4) is 22.9 Å². The Kier molecular flexibility index (Phi) is 6.75. The van der Waals surface area contributed by atoms with Crippen LogP contribution in [-0.2, 0) is 17.6 Å². The van der Waals surface area contributed by atoms with Gasteiger partial charge in [0.25, 0.3) is 0 Å². The van der Waals surface area contributed by atoms with Gasteiger partial charge in [0.1, 0.15) is 11.3 Å². The number of nitrogens with one attached hydrogen (secondary N) is 1. The number of amides is 1. The molecule has 1 aromatic carbocycles. The first kappa shape index (κ1) is 26.1.